The van der Waals surface area contributed by atoms with Gasteiger partial charge in [-0.25, -0.2) is 43.1 Å². The standard InChI is InChI=1S/C23H23ClN4O3S.2C20H18ClN3O4S.C19H14Cl2N2O3S/c1-27-11-13-28(14-12-27)32(30,31)19-6-4-5-17(15-19)23(29)26-18-8-9-21(24)20(16-18)22-7-2-3-10-25-22;21-18-8-7-15(13-17(18)19-6-1-2-9-22-19)24-20(26)14-4-3-5-16(12-14)29(27,28)23-10-11-25;21-18-9-6-15(13-17(18)19-3-1-2-10-22-19)24-20(26)14-4-7-16(8-5-14)29(27,28)23-11-12-25;1-27(25,26)13-6-7-14(17(21)11-13)19(24)23-12-5-8-16(20)15(10-12)18-4-2-3-9-22-18/h2-10,15-16H,11-14H2,1H3,(H,26,29);1-9,12-13,23,25H,10-11H2,(H,24,26);1-10,13,23,25H,11-12H2,(H,24,26);2-11H,1H3,(H,23,24). The maximum Gasteiger partial charge on any atom is 0.257 e. The maximum absolute atomic E-state index is 13.0. The molecule has 1 aliphatic heterocycles. The molecule has 604 valence electrons. The van der Waals surface area contributed by atoms with Crippen molar-refractivity contribution in [1.29, 1.82) is 0 Å². The number of aliphatic hydroxyl groups is 2. The van der Waals surface area contributed by atoms with Crippen LogP contribution in [0, 0.1) is 0 Å². The average Bonchev–Trinajstić information content (AvgIpc) is 0.850. The van der Waals surface area contributed by atoms with E-state index in [2.05, 4.69) is 55.5 Å². The molecular formula is C82H73Cl5N12O14S4. The normalized spacial score (nSPS) is 12.4. The molecule has 117 heavy (non-hydrogen) atoms. The molecule has 4 aromatic heterocycles. The molecule has 0 spiro atoms. The minimum atomic E-state index is -3.82. The Kier molecular flexibility index (Phi) is 31.0. The van der Waals surface area contributed by atoms with Crippen LogP contribution in [0.1, 0.15) is 41.4 Å². The molecule has 0 atom stereocenters. The number of piperazine rings is 1. The van der Waals surface area contributed by atoms with Gasteiger partial charge in [-0.2, -0.15) is 4.31 Å². The number of sulfonamides is 3. The lowest BCUT2D eigenvalue weighted by atomic mass is 10.1. The van der Waals surface area contributed by atoms with Gasteiger partial charge in [0.15, 0.2) is 9.84 Å². The SMILES string of the molecule is CN1CCN(S(=O)(=O)c2cccc(C(=O)Nc3ccc(Cl)c(-c4ccccn4)c3)c2)CC1.CS(=O)(=O)c1ccc(C(=O)Nc2ccc(Cl)c(-c3ccccn3)c2)c(Cl)c1.O=C(Nc1ccc(Cl)c(-c2ccccn2)c1)c1ccc(S(=O)(=O)NCCO)cc1.O=C(Nc1ccc(Cl)c(-c2ccccn2)c1)c1cccc(S(=O)(=O)NCCO)c1. The smallest absolute Gasteiger partial charge is 0.257 e. The van der Waals surface area contributed by atoms with Gasteiger partial charge in [0, 0.05) is 132 Å². The number of benzene rings is 8. The van der Waals surface area contributed by atoms with E-state index in [4.69, 9.17) is 68.2 Å². The van der Waals surface area contributed by atoms with E-state index in [1.54, 1.807) is 134 Å². The van der Waals surface area contributed by atoms with Gasteiger partial charge in [-0.05, 0) is 207 Å². The third-order valence-electron chi connectivity index (χ3n) is 17.1. The Bertz CT molecular complexity index is 6040. The van der Waals surface area contributed by atoms with Crippen LogP contribution in [0.5, 0.6) is 0 Å². The molecule has 0 saturated carbocycles. The second-order valence-electron chi connectivity index (χ2n) is 25.4. The Morgan fingerprint density at radius 3 is 1.07 bits per heavy atom. The van der Waals surface area contributed by atoms with E-state index >= 15 is 0 Å². The highest BCUT2D eigenvalue weighted by Gasteiger charge is 2.29. The minimum Gasteiger partial charge on any atom is -0.395 e. The number of rotatable bonds is 23. The zero-order valence-corrected chi connectivity index (χ0v) is 69.0. The molecule has 1 fully saturated rings. The number of nitrogens with zero attached hydrogens (tertiary/aromatic N) is 6. The van der Waals surface area contributed by atoms with Crippen LogP contribution in [-0.4, -0.2) is 162 Å². The van der Waals surface area contributed by atoms with Crippen molar-refractivity contribution in [2.24, 2.45) is 0 Å². The second-order valence-corrected chi connectivity index (χ2v) is 34.9. The van der Waals surface area contributed by atoms with Gasteiger partial charge in [-0.3, -0.25) is 39.1 Å². The summed E-state index contributed by atoms with van der Waals surface area (Å²) in [5.41, 5.74) is 8.37. The number of halogens is 5. The maximum atomic E-state index is 13.0. The van der Waals surface area contributed by atoms with Gasteiger partial charge >= 0.3 is 0 Å². The molecule has 5 heterocycles. The zero-order chi connectivity index (χ0) is 84.0. The molecule has 26 nitrogen and oxygen atoms in total. The van der Waals surface area contributed by atoms with Gasteiger partial charge in [0.05, 0.1) is 86.2 Å². The Morgan fingerprint density at radius 1 is 0.359 bits per heavy atom. The first-order chi connectivity index (χ1) is 55.9. The van der Waals surface area contributed by atoms with Crippen LogP contribution >= 0.6 is 58.0 Å². The van der Waals surface area contributed by atoms with Crippen LogP contribution in [0.3, 0.4) is 0 Å². The second kappa shape index (κ2) is 40.9. The van der Waals surface area contributed by atoms with Crippen LogP contribution in [-0.2, 0) is 39.9 Å². The first-order valence-electron chi connectivity index (χ1n) is 35.2. The van der Waals surface area contributed by atoms with Crippen molar-refractivity contribution in [1.82, 2.24) is 38.6 Å². The number of likely N-dealkylation sites (N-methyl/N-ethyl adjacent to an activating group) is 1. The Morgan fingerprint density at radius 2 is 0.709 bits per heavy atom. The molecule has 1 saturated heterocycles. The van der Waals surface area contributed by atoms with E-state index in [-0.39, 0.29) is 67.6 Å². The Labute approximate surface area is 701 Å². The first-order valence-corrected chi connectivity index (χ1v) is 43.4. The summed E-state index contributed by atoms with van der Waals surface area (Å²) in [7, 11) is -12.6. The van der Waals surface area contributed by atoms with Crippen molar-refractivity contribution in [2.75, 3.05) is 87.1 Å². The number of aromatic nitrogens is 4. The predicted molar refractivity (Wildman–Crippen MR) is 455 cm³/mol. The fourth-order valence-corrected chi connectivity index (χ4v) is 16.5. The van der Waals surface area contributed by atoms with Crippen LogP contribution in [0.2, 0.25) is 25.1 Å². The number of hydrogen-bond donors (Lipinski definition) is 8. The number of carbonyl (C=O) groups excluding carboxylic acids is 4. The first kappa shape index (κ1) is 88.6. The lowest BCUT2D eigenvalue weighted by molar-refractivity contribution is 0.101. The molecular weight excluding hydrogens is 1680 g/mol. The largest absolute Gasteiger partial charge is 0.395 e. The number of amides is 4. The van der Waals surface area contributed by atoms with E-state index < -0.39 is 63.5 Å². The number of nitrogens with one attached hydrogen (secondary N) is 6. The summed E-state index contributed by atoms with van der Waals surface area (Å²) in [5.74, 6) is -1.74. The Hall–Kier alpha value is -10.8. The molecule has 0 unspecified atom stereocenters. The van der Waals surface area contributed by atoms with E-state index in [9.17, 15) is 52.8 Å². The van der Waals surface area contributed by atoms with Crippen LogP contribution < -0.4 is 30.7 Å². The van der Waals surface area contributed by atoms with Crippen molar-refractivity contribution < 1.29 is 63.1 Å². The summed E-state index contributed by atoms with van der Waals surface area (Å²) in [5, 5.41) is 30.7. The third-order valence-corrected chi connectivity index (χ3v) is 24.7. The predicted octanol–water partition coefficient (Wildman–Crippen LogP) is 14.2. The average molecular weight is 1760 g/mol. The quantitative estimate of drug-likeness (QED) is 0.0295. The van der Waals surface area contributed by atoms with Gasteiger partial charge in [0.1, 0.15) is 0 Å². The zero-order valence-electron chi connectivity index (χ0n) is 62.0. The van der Waals surface area contributed by atoms with Crippen LogP contribution in [0.25, 0.3) is 45.0 Å². The number of pyridine rings is 4. The third kappa shape index (κ3) is 24.4. The lowest BCUT2D eigenvalue weighted by Crippen LogP contribution is -2.47. The number of anilines is 4. The topological polar surface area (TPSA) is 376 Å². The molecule has 35 heteroatoms. The molecule has 13 rings (SSSR count). The fraction of sp³-hybridized carbons (Fsp3) is 0.122. The van der Waals surface area contributed by atoms with Crippen LogP contribution in [0.4, 0.5) is 22.7 Å². The summed E-state index contributed by atoms with van der Waals surface area (Å²) >= 11 is 31.1. The lowest BCUT2D eigenvalue weighted by Gasteiger charge is -2.31. The summed E-state index contributed by atoms with van der Waals surface area (Å²) in [6, 6.07) is 63.3. The fourth-order valence-electron chi connectivity index (χ4n) is 11.1. The number of aliphatic hydroxyl groups excluding tert-OH is 2. The Balaban J connectivity index is 0.000000165. The van der Waals surface area contributed by atoms with Gasteiger partial charge in [0.25, 0.3) is 23.6 Å². The molecule has 8 aromatic carbocycles. The monoisotopic (exact) mass is 1750 g/mol. The molecule has 12 aromatic rings. The molecule has 0 radical (unpaired) electrons. The van der Waals surface area contributed by atoms with Crippen molar-refractivity contribution in [2.45, 2.75) is 19.6 Å². The van der Waals surface area contributed by atoms with Crippen LogP contribution in [0.15, 0.2) is 281 Å². The van der Waals surface area contributed by atoms with E-state index in [0.29, 0.717) is 120 Å². The van der Waals surface area contributed by atoms with Gasteiger partial charge in [-0.1, -0.05) is 94.4 Å². The summed E-state index contributed by atoms with van der Waals surface area (Å²) in [6.45, 7) is 1.38. The van der Waals surface area contributed by atoms with Crippen molar-refractivity contribution >= 4 is 144 Å². The molecule has 0 aliphatic carbocycles. The highest BCUT2D eigenvalue weighted by Crippen LogP contribution is 2.35. The van der Waals surface area contributed by atoms with Crippen molar-refractivity contribution in [3.8, 4) is 45.0 Å². The van der Waals surface area contributed by atoms with E-state index in [1.807, 2.05) is 55.6 Å². The highest BCUT2D eigenvalue weighted by atomic mass is 35.5. The van der Waals surface area contributed by atoms with E-state index in [0.717, 1.165) is 6.26 Å². The summed E-state index contributed by atoms with van der Waals surface area (Å²) in [6.07, 6.45) is 7.70. The van der Waals surface area contributed by atoms with Crippen molar-refractivity contribution in [3.05, 3.63) is 309 Å². The van der Waals surface area contributed by atoms with Crippen molar-refractivity contribution in [3.63, 3.8) is 0 Å². The minimum absolute atomic E-state index is 0.00595. The number of hydrogen-bond acceptors (Lipinski definition) is 19. The molecule has 4 amide bonds. The molecule has 8 N–H and O–H groups in total. The molecule has 0 bridgehead atoms. The highest BCUT2D eigenvalue weighted by molar-refractivity contribution is 7.91. The van der Waals surface area contributed by atoms with Gasteiger partial charge in [-0.15, -0.1) is 0 Å². The van der Waals surface area contributed by atoms with E-state index in [1.165, 1.54) is 83.2 Å². The van der Waals surface area contributed by atoms with Gasteiger partial charge < -0.3 is 36.4 Å². The number of sulfone groups is 1. The molecule has 1 aliphatic rings. The van der Waals surface area contributed by atoms with Gasteiger partial charge in [0.2, 0.25) is 30.1 Å². The summed E-state index contributed by atoms with van der Waals surface area (Å²) < 4.78 is 104. The summed E-state index contributed by atoms with van der Waals surface area (Å²) in [4.78, 5) is 69.8. The number of carbonyl (C=O) groups is 4.